The van der Waals surface area contributed by atoms with Gasteiger partial charge in [0.15, 0.2) is 0 Å². The number of aryl methyl sites for hydroxylation is 1. The first-order chi connectivity index (χ1) is 9.68. The number of hydrogen-bond acceptors (Lipinski definition) is 1. The van der Waals surface area contributed by atoms with Crippen LogP contribution in [0.4, 0.5) is 0 Å². The van der Waals surface area contributed by atoms with Gasteiger partial charge in [0.05, 0.1) is 5.89 Å². The van der Waals surface area contributed by atoms with Crippen LogP contribution in [0.5, 0.6) is 0 Å². The summed E-state index contributed by atoms with van der Waals surface area (Å²) in [5, 5.41) is 0.614. The molecule has 3 heteroatoms. The Labute approximate surface area is 116 Å². The maximum absolute atomic E-state index is 11.9. The van der Waals surface area contributed by atoms with Crippen LogP contribution >= 0.6 is 11.6 Å². The Morgan fingerprint density at radius 1 is 1.61 bits per heavy atom. The Morgan fingerprint density at radius 3 is 3.11 bits per heavy atom. The van der Waals surface area contributed by atoms with Gasteiger partial charge in [0.1, 0.15) is 0 Å². The Balaban J connectivity index is 2.24. The van der Waals surface area contributed by atoms with E-state index in [0.29, 0.717) is 23.4 Å². The number of carbonyl (C=O) groups excluding carboxylic acids is 1. The molecular weight excluding hydrogens is 246 g/mol. The highest BCUT2D eigenvalue weighted by Crippen LogP contribution is 2.45. The summed E-state index contributed by atoms with van der Waals surface area (Å²) in [6, 6.07) is 3.69. The van der Waals surface area contributed by atoms with Crippen molar-refractivity contribution >= 4 is 23.1 Å². The first-order valence-corrected chi connectivity index (χ1v) is 6.38. The average Bonchev–Trinajstić information content (AvgIpc) is 2.73. The lowest BCUT2D eigenvalue weighted by Crippen LogP contribution is -2.27. The summed E-state index contributed by atoms with van der Waals surface area (Å²) in [4.78, 5) is 11.9. The molecule has 1 unspecified atom stereocenters. The summed E-state index contributed by atoms with van der Waals surface area (Å²) in [5.41, 5.74) is 9.76. The predicted molar refractivity (Wildman–Crippen MR) is 73.3 cm³/mol. The van der Waals surface area contributed by atoms with Crippen LogP contribution in [0.2, 0.25) is 5.02 Å². The van der Waals surface area contributed by atoms with Crippen molar-refractivity contribution in [3.8, 4) is 0 Å². The molecule has 3 rings (SSSR count). The summed E-state index contributed by atoms with van der Waals surface area (Å²) in [6.45, 7) is 1.94. The molecule has 2 aliphatic rings. The third kappa shape index (κ3) is 1.67. The van der Waals surface area contributed by atoms with Crippen LogP contribution in [-0.4, -0.2) is 5.91 Å². The summed E-state index contributed by atoms with van der Waals surface area (Å²) in [5.74, 6) is -2.92. The molecule has 18 heavy (non-hydrogen) atoms. The number of benzene rings is 1. The van der Waals surface area contributed by atoms with E-state index in [-0.39, 0.29) is 6.42 Å². The molecule has 0 fully saturated rings. The van der Waals surface area contributed by atoms with Crippen molar-refractivity contribution in [1.82, 2.24) is 0 Å². The van der Waals surface area contributed by atoms with E-state index in [0.717, 1.165) is 22.3 Å². The third-order valence-electron chi connectivity index (χ3n) is 3.71. The zero-order valence-corrected chi connectivity index (χ0v) is 10.9. The van der Waals surface area contributed by atoms with E-state index in [2.05, 4.69) is 0 Å². The van der Waals surface area contributed by atoms with Crippen LogP contribution in [-0.2, 0) is 11.2 Å². The van der Waals surface area contributed by atoms with E-state index in [1.807, 2.05) is 19.1 Å². The molecule has 0 saturated heterocycles. The Hall–Kier alpha value is -1.28. The number of carbonyl (C=O) groups is 1. The molecule has 0 spiro atoms. The normalized spacial score (nSPS) is 31.1. The summed E-state index contributed by atoms with van der Waals surface area (Å²) in [7, 11) is 0. The fourth-order valence-electron chi connectivity index (χ4n) is 2.90. The Morgan fingerprint density at radius 2 is 2.39 bits per heavy atom. The molecule has 0 saturated carbocycles. The Kier molecular flexibility index (Phi) is 2.01. The minimum absolute atomic E-state index is 0.114. The van der Waals surface area contributed by atoms with Gasteiger partial charge in [-0.25, -0.2) is 0 Å². The van der Waals surface area contributed by atoms with Gasteiger partial charge in [-0.3, -0.25) is 4.79 Å². The van der Waals surface area contributed by atoms with Crippen LogP contribution in [0, 0.1) is 12.8 Å². The molecule has 2 N–H and O–H groups in total. The number of fused-ring (bicyclic) bond motifs is 2. The van der Waals surface area contributed by atoms with Crippen LogP contribution in [0.15, 0.2) is 17.7 Å². The number of rotatable bonds is 1. The summed E-state index contributed by atoms with van der Waals surface area (Å²) >= 11 is 6.11. The molecule has 94 valence electrons. The average molecular weight is 265 g/mol. The fourth-order valence-corrected chi connectivity index (χ4v) is 3.18. The van der Waals surface area contributed by atoms with E-state index in [1.165, 1.54) is 0 Å². The van der Waals surface area contributed by atoms with Crippen molar-refractivity contribution in [1.29, 1.82) is 0 Å². The monoisotopic (exact) mass is 264 g/mol. The molecule has 1 atom stereocenters. The van der Waals surface area contributed by atoms with Crippen molar-refractivity contribution in [2.24, 2.45) is 11.6 Å². The number of allylic oxidation sites excluding steroid dienone is 1. The second-order valence-corrected chi connectivity index (χ2v) is 5.24. The SMILES string of the molecule is [2H]C1([2H])CCC2=C(Cc3c(C)cc(Cl)cc32)C1([2H])C(N)=O. The minimum Gasteiger partial charge on any atom is -0.369 e. The number of primary amides is 1. The van der Waals surface area contributed by atoms with E-state index < -0.39 is 18.2 Å². The van der Waals surface area contributed by atoms with Crippen molar-refractivity contribution < 1.29 is 8.91 Å². The van der Waals surface area contributed by atoms with Crippen molar-refractivity contribution in [3.05, 3.63) is 39.4 Å². The topological polar surface area (TPSA) is 43.1 Å². The first kappa shape index (κ1) is 8.76. The molecule has 0 aliphatic heterocycles. The van der Waals surface area contributed by atoms with Gasteiger partial charge >= 0.3 is 0 Å². The molecule has 1 aromatic rings. The quantitative estimate of drug-likeness (QED) is 0.831. The van der Waals surface area contributed by atoms with Crippen molar-refractivity contribution in [3.63, 3.8) is 0 Å². The molecular formula is C15H16ClNO. The number of halogens is 1. The molecule has 1 aromatic carbocycles. The second kappa shape index (κ2) is 4.13. The van der Waals surface area contributed by atoms with Gasteiger partial charge in [0.2, 0.25) is 5.91 Å². The number of amides is 1. The molecule has 0 aromatic heterocycles. The maximum Gasteiger partial charge on any atom is 0.224 e. The van der Waals surface area contributed by atoms with Gasteiger partial charge in [-0.05, 0) is 72.5 Å². The molecule has 1 amide bonds. The van der Waals surface area contributed by atoms with Crippen molar-refractivity contribution in [2.45, 2.75) is 32.6 Å². The fraction of sp³-hybridized carbons (Fsp3) is 0.400. The van der Waals surface area contributed by atoms with Crippen LogP contribution in [0.1, 0.15) is 40.0 Å². The molecule has 2 nitrogen and oxygen atoms in total. The highest BCUT2D eigenvalue weighted by Gasteiger charge is 2.33. The smallest absolute Gasteiger partial charge is 0.224 e. The van der Waals surface area contributed by atoms with Gasteiger partial charge in [-0.15, -0.1) is 0 Å². The lowest BCUT2D eigenvalue weighted by Gasteiger charge is -2.22. The van der Waals surface area contributed by atoms with E-state index in [1.54, 1.807) is 0 Å². The lowest BCUT2D eigenvalue weighted by molar-refractivity contribution is -0.121. The summed E-state index contributed by atoms with van der Waals surface area (Å²) in [6.07, 6.45) is -0.927. The zero-order valence-electron chi connectivity index (χ0n) is 13.1. The first-order valence-electron chi connectivity index (χ1n) is 7.50. The van der Waals surface area contributed by atoms with E-state index >= 15 is 0 Å². The molecule has 2 aliphatic carbocycles. The number of hydrogen-bond donors (Lipinski definition) is 1. The highest BCUT2D eigenvalue weighted by molar-refractivity contribution is 6.30. The van der Waals surface area contributed by atoms with Crippen molar-refractivity contribution in [2.75, 3.05) is 0 Å². The predicted octanol–water partition coefficient (Wildman–Crippen LogP) is 3.24. The van der Waals surface area contributed by atoms with E-state index in [9.17, 15) is 4.79 Å². The van der Waals surface area contributed by atoms with Gasteiger partial charge in [-0.2, -0.15) is 0 Å². The standard InChI is InChI=1S/C15H16ClNO/c1-8-5-9(16)6-13-10-3-2-4-11(15(17)18)14(10)7-12(8)13/h5-6,11H,2-4,7H2,1H3,(H2,17,18)/i4D2,11D. The van der Waals surface area contributed by atoms with E-state index in [4.69, 9.17) is 21.4 Å². The van der Waals surface area contributed by atoms with Crippen LogP contribution < -0.4 is 5.73 Å². The zero-order chi connectivity index (χ0) is 15.6. The number of nitrogens with two attached hydrogens (primary N) is 1. The largest absolute Gasteiger partial charge is 0.369 e. The lowest BCUT2D eigenvalue weighted by atomic mass is 9.82. The van der Waals surface area contributed by atoms with Gasteiger partial charge < -0.3 is 5.73 Å². The molecule has 0 radical (unpaired) electrons. The highest BCUT2D eigenvalue weighted by atomic mass is 35.5. The third-order valence-corrected chi connectivity index (χ3v) is 3.92. The molecule has 0 bridgehead atoms. The van der Waals surface area contributed by atoms with Crippen LogP contribution in [0.25, 0.3) is 5.57 Å². The Bertz CT molecular complexity index is 698. The molecule has 0 heterocycles. The second-order valence-electron chi connectivity index (χ2n) is 4.80. The van der Waals surface area contributed by atoms with Gasteiger partial charge in [0.25, 0.3) is 0 Å². The minimum atomic E-state index is -2.00. The summed E-state index contributed by atoms with van der Waals surface area (Å²) < 4.78 is 24.6. The maximum atomic E-state index is 11.9. The van der Waals surface area contributed by atoms with Gasteiger partial charge in [0, 0.05) is 9.13 Å². The van der Waals surface area contributed by atoms with Crippen LogP contribution in [0.3, 0.4) is 0 Å². The van der Waals surface area contributed by atoms with Gasteiger partial charge in [-0.1, -0.05) is 11.6 Å².